The van der Waals surface area contributed by atoms with E-state index in [1.54, 1.807) is 55.6 Å². The van der Waals surface area contributed by atoms with E-state index in [2.05, 4.69) is 33.1 Å². The molecule has 0 saturated heterocycles. The molecule has 10 heteroatoms. The zero-order chi connectivity index (χ0) is 24.5. The molecule has 0 atom stereocenters. The van der Waals surface area contributed by atoms with E-state index in [0.717, 1.165) is 9.13 Å². The highest BCUT2D eigenvalue weighted by Crippen LogP contribution is 2.29. The fourth-order valence-corrected chi connectivity index (χ4v) is 3.45. The SMILES string of the molecule is CCOc1cc(/C=N\NC(=O)c2ccc(I)c(OC)c2)ccc1OCc1ccc([N+](=O)[O-])cc1. The Kier molecular flexibility index (Phi) is 8.79. The van der Waals surface area contributed by atoms with Crippen LogP contribution < -0.4 is 19.6 Å². The third-order valence-electron chi connectivity index (χ3n) is 4.60. The van der Waals surface area contributed by atoms with Crippen molar-refractivity contribution in [2.24, 2.45) is 5.10 Å². The summed E-state index contributed by atoms with van der Waals surface area (Å²) in [4.78, 5) is 22.7. The Labute approximate surface area is 210 Å². The lowest BCUT2D eigenvalue weighted by atomic mass is 10.2. The molecule has 9 nitrogen and oxygen atoms in total. The zero-order valence-corrected chi connectivity index (χ0v) is 20.6. The van der Waals surface area contributed by atoms with Gasteiger partial charge in [-0.3, -0.25) is 14.9 Å². The van der Waals surface area contributed by atoms with Gasteiger partial charge in [-0.2, -0.15) is 5.10 Å². The highest BCUT2D eigenvalue weighted by Gasteiger charge is 2.10. The first-order valence-electron chi connectivity index (χ1n) is 10.2. The smallest absolute Gasteiger partial charge is 0.271 e. The van der Waals surface area contributed by atoms with Crippen LogP contribution in [0.15, 0.2) is 65.8 Å². The van der Waals surface area contributed by atoms with Crippen molar-refractivity contribution in [1.29, 1.82) is 0 Å². The number of hydrogen-bond acceptors (Lipinski definition) is 7. The maximum absolute atomic E-state index is 12.4. The normalized spacial score (nSPS) is 10.7. The van der Waals surface area contributed by atoms with Crippen LogP contribution in [0.1, 0.15) is 28.4 Å². The summed E-state index contributed by atoms with van der Waals surface area (Å²) in [5, 5.41) is 14.8. The van der Waals surface area contributed by atoms with Crippen molar-refractivity contribution in [3.63, 3.8) is 0 Å². The number of nitrogens with zero attached hydrogens (tertiary/aromatic N) is 2. The number of nitro groups is 1. The van der Waals surface area contributed by atoms with Gasteiger partial charge in [0.15, 0.2) is 11.5 Å². The van der Waals surface area contributed by atoms with Gasteiger partial charge in [-0.25, -0.2) is 5.43 Å². The molecule has 0 fully saturated rings. The van der Waals surface area contributed by atoms with Crippen LogP contribution in [0.2, 0.25) is 0 Å². The molecule has 3 rings (SSSR count). The standard InChI is InChI=1S/C24H22IN3O6/c1-3-33-23-12-17(14-26-27-24(29)18-7-10-20(25)22(13-18)32-2)6-11-21(23)34-15-16-4-8-19(9-5-16)28(30)31/h4-14H,3,15H2,1-2H3,(H,27,29)/b26-14-. The number of benzene rings is 3. The van der Waals surface area contributed by atoms with Crippen molar-refractivity contribution in [2.45, 2.75) is 13.5 Å². The lowest BCUT2D eigenvalue weighted by molar-refractivity contribution is -0.384. The number of carbonyl (C=O) groups is 1. The summed E-state index contributed by atoms with van der Waals surface area (Å²) in [5.74, 6) is 1.29. The van der Waals surface area contributed by atoms with Gasteiger partial charge in [0.1, 0.15) is 12.4 Å². The van der Waals surface area contributed by atoms with Gasteiger partial charge in [-0.15, -0.1) is 0 Å². The molecule has 176 valence electrons. The number of nitrogens with one attached hydrogen (secondary N) is 1. The highest BCUT2D eigenvalue weighted by atomic mass is 127. The summed E-state index contributed by atoms with van der Waals surface area (Å²) < 4.78 is 17.7. The molecule has 3 aromatic carbocycles. The van der Waals surface area contributed by atoms with E-state index >= 15 is 0 Å². The van der Waals surface area contributed by atoms with Gasteiger partial charge < -0.3 is 14.2 Å². The van der Waals surface area contributed by atoms with Gasteiger partial charge in [-0.1, -0.05) is 0 Å². The molecule has 0 spiro atoms. The van der Waals surface area contributed by atoms with Crippen LogP contribution in [-0.4, -0.2) is 30.8 Å². The summed E-state index contributed by atoms with van der Waals surface area (Å²) in [6, 6.07) is 16.6. The first-order chi connectivity index (χ1) is 16.4. The van der Waals surface area contributed by atoms with Crippen LogP contribution in [-0.2, 0) is 6.61 Å². The second kappa shape index (κ2) is 12.0. The summed E-state index contributed by atoms with van der Waals surface area (Å²) >= 11 is 2.13. The Morgan fingerprint density at radius 2 is 1.82 bits per heavy atom. The zero-order valence-electron chi connectivity index (χ0n) is 18.5. The molecule has 1 N–H and O–H groups in total. The second-order valence-corrected chi connectivity index (χ2v) is 8.06. The van der Waals surface area contributed by atoms with Crippen molar-refractivity contribution < 1.29 is 23.9 Å². The van der Waals surface area contributed by atoms with E-state index in [-0.39, 0.29) is 18.2 Å². The third kappa shape index (κ3) is 6.67. The Hall–Kier alpha value is -3.67. The molecule has 0 aliphatic carbocycles. The minimum absolute atomic E-state index is 0.0237. The lowest BCUT2D eigenvalue weighted by Gasteiger charge is -2.12. The summed E-state index contributed by atoms with van der Waals surface area (Å²) in [5.41, 5.74) is 4.44. The van der Waals surface area contributed by atoms with Crippen LogP contribution in [0.25, 0.3) is 0 Å². The molecule has 0 unspecified atom stereocenters. The predicted octanol–water partition coefficient (Wildman–Crippen LogP) is 4.95. The van der Waals surface area contributed by atoms with E-state index in [0.29, 0.717) is 35.0 Å². The van der Waals surface area contributed by atoms with Crippen LogP contribution in [0.3, 0.4) is 0 Å². The number of ether oxygens (including phenoxy) is 3. The first-order valence-corrected chi connectivity index (χ1v) is 11.3. The molecule has 1 amide bonds. The molecule has 0 aliphatic rings. The molecule has 0 heterocycles. The Balaban J connectivity index is 1.65. The fourth-order valence-electron chi connectivity index (χ4n) is 2.90. The van der Waals surface area contributed by atoms with Gasteiger partial charge in [0.05, 0.1) is 28.4 Å². The molecule has 0 aromatic heterocycles. The minimum atomic E-state index is -0.447. The highest BCUT2D eigenvalue weighted by molar-refractivity contribution is 14.1. The Morgan fingerprint density at radius 3 is 2.50 bits per heavy atom. The average Bonchev–Trinajstić information content (AvgIpc) is 2.84. The first kappa shape index (κ1) is 25.0. The van der Waals surface area contributed by atoms with E-state index in [1.807, 2.05) is 6.92 Å². The van der Waals surface area contributed by atoms with Gasteiger partial charge >= 0.3 is 0 Å². The number of halogens is 1. The quantitative estimate of drug-likeness (QED) is 0.159. The largest absolute Gasteiger partial charge is 0.496 e. The van der Waals surface area contributed by atoms with Crippen LogP contribution in [0.5, 0.6) is 17.2 Å². The lowest BCUT2D eigenvalue weighted by Crippen LogP contribution is -2.17. The van der Waals surface area contributed by atoms with E-state index < -0.39 is 4.92 Å². The van der Waals surface area contributed by atoms with E-state index in [1.165, 1.54) is 18.3 Å². The Morgan fingerprint density at radius 1 is 1.06 bits per heavy atom. The number of amides is 1. The van der Waals surface area contributed by atoms with Crippen molar-refractivity contribution in [3.05, 3.63) is 91.0 Å². The number of methoxy groups -OCH3 is 1. The second-order valence-electron chi connectivity index (χ2n) is 6.90. The Bertz CT molecular complexity index is 1200. The van der Waals surface area contributed by atoms with E-state index in [9.17, 15) is 14.9 Å². The minimum Gasteiger partial charge on any atom is -0.496 e. The monoisotopic (exact) mass is 575 g/mol. The van der Waals surface area contributed by atoms with Gasteiger partial charge in [0.25, 0.3) is 11.6 Å². The van der Waals surface area contributed by atoms with Crippen LogP contribution >= 0.6 is 22.6 Å². The fraction of sp³-hybridized carbons (Fsp3) is 0.167. The van der Waals surface area contributed by atoms with Crippen molar-refractivity contribution in [3.8, 4) is 17.2 Å². The van der Waals surface area contributed by atoms with Crippen LogP contribution in [0.4, 0.5) is 5.69 Å². The summed E-state index contributed by atoms with van der Waals surface area (Å²) in [7, 11) is 1.55. The predicted molar refractivity (Wildman–Crippen MR) is 136 cm³/mol. The number of non-ortho nitro benzene ring substituents is 1. The average molecular weight is 575 g/mol. The van der Waals surface area contributed by atoms with Crippen molar-refractivity contribution in [2.75, 3.05) is 13.7 Å². The van der Waals surface area contributed by atoms with E-state index in [4.69, 9.17) is 14.2 Å². The van der Waals surface area contributed by atoms with Gasteiger partial charge in [-0.05, 0) is 89.2 Å². The van der Waals surface area contributed by atoms with Gasteiger partial charge in [0.2, 0.25) is 0 Å². The maximum Gasteiger partial charge on any atom is 0.271 e. The van der Waals surface area contributed by atoms with Crippen LogP contribution in [0, 0.1) is 13.7 Å². The van der Waals surface area contributed by atoms with Gasteiger partial charge in [0, 0.05) is 17.7 Å². The third-order valence-corrected chi connectivity index (χ3v) is 5.49. The maximum atomic E-state index is 12.4. The number of hydrazone groups is 1. The molecule has 0 radical (unpaired) electrons. The van der Waals surface area contributed by atoms with Crippen molar-refractivity contribution >= 4 is 40.4 Å². The summed E-state index contributed by atoms with van der Waals surface area (Å²) in [6.45, 7) is 2.51. The molecular weight excluding hydrogens is 553 g/mol. The molecular formula is C24H22IN3O6. The molecule has 0 aliphatic heterocycles. The molecule has 34 heavy (non-hydrogen) atoms. The molecule has 0 bridgehead atoms. The molecule has 3 aromatic rings. The molecule has 0 saturated carbocycles. The topological polar surface area (TPSA) is 112 Å². The number of hydrogen-bond donors (Lipinski definition) is 1. The summed E-state index contributed by atoms with van der Waals surface area (Å²) in [6.07, 6.45) is 1.50. The van der Waals surface area contributed by atoms with Crippen molar-refractivity contribution in [1.82, 2.24) is 5.43 Å². The number of carbonyl (C=O) groups excluding carboxylic acids is 1. The number of rotatable bonds is 10. The number of nitro benzene ring substituents is 1.